The molecule has 0 aliphatic rings. The van der Waals surface area contributed by atoms with Crippen LogP contribution in [-0.2, 0) is 6.54 Å². The van der Waals surface area contributed by atoms with Crippen LogP contribution in [0.25, 0.3) is 11.1 Å². The summed E-state index contributed by atoms with van der Waals surface area (Å²) in [5, 5.41) is 18.7. The minimum absolute atomic E-state index is 0.195. The van der Waals surface area contributed by atoms with E-state index in [1.807, 2.05) is 54.6 Å². The summed E-state index contributed by atoms with van der Waals surface area (Å²) in [6.45, 7) is 1.73. The van der Waals surface area contributed by atoms with Gasteiger partial charge in [-0.2, -0.15) is 0 Å². The van der Waals surface area contributed by atoms with Crippen molar-refractivity contribution < 1.29 is 15.0 Å². The van der Waals surface area contributed by atoms with E-state index in [-0.39, 0.29) is 12.4 Å². The summed E-state index contributed by atoms with van der Waals surface area (Å²) >= 11 is 0. The lowest BCUT2D eigenvalue weighted by atomic mass is 10.0. The predicted molar refractivity (Wildman–Crippen MR) is 92.8 cm³/mol. The largest absolute Gasteiger partial charge is 0.501 e. The SMILES string of the molecule is Cc1nc(C(=O)O)c(O)c(=O)n1Cc1ccc(-c2ccccc2)cc1. The number of aromatic hydroxyl groups is 1. The van der Waals surface area contributed by atoms with Gasteiger partial charge >= 0.3 is 5.97 Å². The highest BCUT2D eigenvalue weighted by molar-refractivity contribution is 5.88. The lowest BCUT2D eigenvalue weighted by molar-refractivity contribution is 0.0685. The Labute approximate surface area is 143 Å². The molecule has 6 nitrogen and oxygen atoms in total. The summed E-state index contributed by atoms with van der Waals surface area (Å²) in [5.41, 5.74) is 1.59. The molecule has 2 N–H and O–H groups in total. The Morgan fingerprint density at radius 1 is 1.04 bits per heavy atom. The van der Waals surface area contributed by atoms with E-state index < -0.39 is 23.0 Å². The molecule has 25 heavy (non-hydrogen) atoms. The summed E-state index contributed by atoms with van der Waals surface area (Å²) < 4.78 is 1.25. The van der Waals surface area contributed by atoms with E-state index >= 15 is 0 Å². The zero-order valence-corrected chi connectivity index (χ0v) is 13.5. The fourth-order valence-electron chi connectivity index (χ4n) is 2.60. The summed E-state index contributed by atoms with van der Waals surface area (Å²) in [6.07, 6.45) is 0. The molecule has 0 aliphatic heterocycles. The van der Waals surface area contributed by atoms with E-state index in [0.717, 1.165) is 16.7 Å². The van der Waals surface area contributed by atoms with Crippen LogP contribution < -0.4 is 5.56 Å². The molecular formula is C19H16N2O4. The molecule has 2 aromatic carbocycles. The number of carboxylic acids is 1. The van der Waals surface area contributed by atoms with Gasteiger partial charge in [0.25, 0.3) is 5.56 Å². The van der Waals surface area contributed by atoms with Crippen molar-refractivity contribution in [1.82, 2.24) is 9.55 Å². The van der Waals surface area contributed by atoms with Gasteiger partial charge in [-0.3, -0.25) is 9.36 Å². The number of aryl methyl sites for hydroxylation is 1. The second-order valence-corrected chi connectivity index (χ2v) is 5.62. The quantitative estimate of drug-likeness (QED) is 0.764. The molecule has 0 atom stereocenters. The average Bonchev–Trinajstić information content (AvgIpc) is 2.63. The smallest absolute Gasteiger partial charge is 0.358 e. The molecule has 6 heteroatoms. The second-order valence-electron chi connectivity index (χ2n) is 5.62. The number of hydrogen-bond donors (Lipinski definition) is 2. The molecule has 0 spiro atoms. The van der Waals surface area contributed by atoms with Gasteiger partial charge in [0.1, 0.15) is 5.82 Å². The highest BCUT2D eigenvalue weighted by Crippen LogP contribution is 2.20. The second kappa shape index (κ2) is 6.60. The summed E-state index contributed by atoms with van der Waals surface area (Å²) in [4.78, 5) is 27.0. The number of aromatic nitrogens is 2. The molecule has 0 bridgehead atoms. The number of rotatable bonds is 4. The molecule has 0 unspecified atom stereocenters. The third-order valence-corrected chi connectivity index (χ3v) is 3.94. The Kier molecular flexibility index (Phi) is 4.35. The van der Waals surface area contributed by atoms with Crippen molar-refractivity contribution >= 4 is 5.97 Å². The summed E-state index contributed by atoms with van der Waals surface area (Å²) in [5.74, 6) is -2.05. The van der Waals surface area contributed by atoms with E-state index in [9.17, 15) is 14.7 Å². The molecule has 0 aliphatic carbocycles. The standard InChI is InChI=1S/C19H16N2O4/c1-12-20-16(19(24)25)17(22)18(23)21(12)11-13-7-9-15(10-8-13)14-5-3-2-4-6-14/h2-10,22H,11H2,1H3,(H,24,25). The Morgan fingerprint density at radius 3 is 2.24 bits per heavy atom. The number of nitrogens with zero attached hydrogens (tertiary/aromatic N) is 2. The van der Waals surface area contributed by atoms with Crippen LogP contribution >= 0.6 is 0 Å². The molecule has 0 fully saturated rings. The van der Waals surface area contributed by atoms with Crippen LogP contribution in [0.4, 0.5) is 0 Å². The molecule has 0 saturated carbocycles. The fraction of sp³-hybridized carbons (Fsp3) is 0.105. The van der Waals surface area contributed by atoms with Crippen LogP contribution in [0.5, 0.6) is 5.75 Å². The van der Waals surface area contributed by atoms with Gasteiger partial charge in [0, 0.05) is 0 Å². The molecule has 3 rings (SSSR count). The normalized spacial score (nSPS) is 10.6. The lowest BCUT2D eigenvalue weighted by Crippen LogP contribution is -2.26. The van der Waals surface area contributed by atoms with Gasteiger partial charge in [-0.25, -0.2) is 9.78 Å². The van der Waals surface area contributed by atoms with Crippen molar-refractivity contribution in [2.24, 2.45) is 0 Å². The maximum Gasteiger partial charge on any atom is 0.358 e. The maximum atomic E-state index is 12.2. The van der Waals surface area contributed by atoms with Crippen LogP contribution in [0.2, 0.25) is 0 Å². The van der Waals surface area contributed by atoms with Crippen LogP contribution in [0, 0.1) is 6.92 Å². The van der Waals surface area contributed by atoms with Gasteiger partial charge in [0.15, 0.2) is 5.69 Å². The van der Waals surface area contributed by atoms with Gasteiger partial charge in [0.05, 0.1) is 6.54 Å². The number of benzene rings is 2. The first-order valence-electron chi connectivity index (χ1n) is 7.65. The van der Waals surface area contributed by atoms with Crippen molar-refractivity contribution in [1.29, 1.82) is 0 Å². The van der Waals surface area contributed by atoms with Crippen LogP contribution in [0.3, 0.4) is 0 Å². The Balaban J connectivity index is 1.92. The molecule has 1 heterocycles. The number of carbonyl (C=O) groups is 1. The van der Waals surface area contributed by atoms with E-state index in [1.165, 1.54) is 11.5 Å². The van der Waals surface area contributed by atoms with E-state index in [0.29, 0.717) is 0 Å². The summed E-state index contributed by atoms with van der Waals surface area (Å²) in [7, 11) is 0. The van der Waals surface area contributed by atoms with Crippen molar-refractivity contribution in [2.75, 3.05) is 0 Å². The van der Waals surface area contributed by atoms with Gasteiger partial charge < -0.3 is 10.2 Å². The number of carboxylic acid groups (broad SMARTS) is 1. The summed E-state index contributed by atoms with van der Waals surface area (Å²) in [6, 6.07) is 17.6. The highest BCUT2D eigenvalue weighted by atomic mass is 16.4. The number of aromatic carboxylic acids is 1. The minimum atomic E-state index is -1.43. The van der Waals surface area contributed by atoms with Crippen LogP contribution in [-0.4, -0.2) is 25.7 Å². The van der Waals surface area contributed by atoms with Crippen molar-refractivity contribution in [3.05, 3.63) is 82.0 Å². The molecule has 0 saturated heterocycles. The first-order chi connectivity index (χ1) is 12.0. The van der Waals surface area contributed by atoms with E-state index in [1.54, 1.807) is 0 Å². The highest BCUT2D eigenvalue weighted by Gasteiger charge is 2.19. The monoisotopic (exact) mass is 336 g/mol. The average molecular weight is 336 g/mol. The lowest BCUT2D eigenvalue weighted by Gasteiger charge is -2.11. The molecular weight excluding hydrogens is 320 g/mol. The molecule has 1 aromatic heterocycles. The molecule has 0 amide bonds. The topological polar surface area (TPSA) is 92.4 Å². The first kappa shape index (κ1) is 16.4. The molecule has 0 radical (unpaired) electrons. The molecule has 3 aromatic rings. The van der Waals surface area contributed by atoms with Crippen LogP contribution in [0.15, 0.2) is 59.4 Å². The van der Waals surface area contributed by atoms with Gasteiger partial charge in [0.2, 0.25) is 5.75 Å². The zero-order chi connectivity index (χ0) is 18.0. The van der Waals surface area contributed by atoms with Gasteiger partial charge in [-0.15, -0.1) is 0 Å². The first-order valence-corrected chi connectivity index (χ1v) is 7.65. The van der Waals surface area contributed by atoms with Crippen molar-refractivity contribution in [3.8, 4) is 16.9 Å². The predicted octanol–water partition coefficient (Wildman–Crippen LogP) is 2.67. The third kappa shape index (κ3) is 3.28. The minimum Gasteiger partial charge on any atom is -0.501 e. The zero-order valence-electron chi connectivity index (χ0n) is 13.5. The Hall–Kier alpha value is -3.41. The van der Waals surface area contributed by atoms with E-state index in [4.69, 9.17) is 5.11 Å². The fourth-order valence-corrected chi connectivity index (χ4v) is 2.60. The molecule has 126 valence electrons. The maximum absolute atomic E-state index is 12.2. The van der Waals surface area contributed by atoms with Crippen LogP contribution in [0.1, 0.15) is 21.9 Å². The van der Waals surface area contributed by atoms with Crippen molar-refractivity contribution in [3.63, 3.8) is 0 Å². The van der Waals surface area contributed by atoms with Gasteiger partial charge in [-0.1, -0.05) is 54.6 Å². The Morgan fingerprint density at radius 2 is 1.64 bits per heavy atom. The third-order valence-electron chi connectivity index (χ3n) is 3.94. The van der Waals surface area contributed by atoms with E-state index in [2.05, 4.69) is 4.98 Å². The van der Waals surface area contributed by atoms with Crippen molar-refractivity contribution in [2.45, 2.75) is 13.5 Å². The number of hydrogen-bond acceptors (Lipinski definition) is 4. The Bertz CT molecular complexity index is 977. The van der Waals surface area contributed by atoms with Gasteiger partial charge in [-0.05, 0) is 23.6 Å².